The van der Waals surface area contributed by atoms with Crippen LogP contribution in [0.15, 0.2) is 48.5 Å². The van der Waals surface area contributed by atoms with Crippen molar-refractivity contribution in [2.24, 2.45) is 0 Å². The number of rotatable bonds is 8. The Balaban J connectivity index is 2.08. The van der Waals surface area contributed by atoms with E-state index in [1.54, 1.807) is 31.2 Å². The van der Waals surface area contributed by atoms with E-state index in [0.29, 0.717) is 5.69 Å². The Morgan fingerprint density at radius 2 is 1.82 bits per heavy atom. The minimum atomic E-state index is -3.60. The number of nitrogens with one attached hydrogen (secondary N) is 1. The van der Waals surface area contributed by atoms with Crippen LogP contribution in [0.4, 0.5) is 5.69 Å². The minimum absolute atomic E-state index is 0.0790. The van der Waals surface area contributed by atoms with Gasteiger partial charge in [-0.2, -0.15) is 4.31 Å². The van der Waals surface area contributed by atoms with Crippen LogP contribution in [0.25, 0.3) is 0 Å². The number of halogens is 1. The van der Waals surface area contributed by atoms with Gasteiger partial charge in [-0.15, -0.1) is 0 Å². The molecule has 150 valence electrons. The van der Waals surface area contributed by atoms with Crippen LogP contribution < -0.4 is 5.32 Å². The van der Waals surface area contributed by atoms with Crippen molar-refractivity contribution in [3.05, 3.63) is 64.7 Å². The summed E-state index contributed by atoms with van der Waals surface area (Å²) in [5.41, 5.74) is 1.29. The monoisotopic (exact) mass is 424 g/mol. The van der Waals surface area contributed by atoms with Crippen LogP contribution >= 0.6 is 11.6 Å². The Kier molecular flexibility index (Phi) is 7.56. The van der Waals surface area contributed by atoms with Gasteiger partial charge in [0.1, 0.15) is 0 Å². The second kappa shape index (κ2) is 9.68. The number of ether oxygens (including phenoxy) is 1. The predicted octanol–water partition coefficient (Wildman–Crippen LogP) is 2.92. The predicted molar refractivity (Wildman–Crippen MR) is 108 cm³/mol. The van der Waals surface area contributed by atoms with Crippen LogP contribution in [-0.4, -0.2) is 44.0 Å². The largest absolute Gasteiger partial charge is 0.462 e. The smallest absolute Gasteiger partial charge is 0.339 e. The third-order valence-corrected chi connectivity index (χ3v) is 5.25. The van der Waals surface area contributed by atoms with E-state index in [0.717, 1.165) is 16.1 Å². The molecule has 1 amide bonds. The highest BCUT2D eigenvalue weighted by atomic mass is 35.5. The molecule has 1 N–H and O–H groups in total. The SMILES string of the molecule is CCOC(=O)c1ccc(NC(=O)CN(Cc2ccccc2)S(C)(=O)=O)cc1Cl. The molecule has 0 fully saturated rings. The van der Waals surface area contributed by atoms with Gasteiger partial charge in [0.25, 0.3) is 0 Å². The lowest BCUT2D eigenvalue weighted by Crippen LogP contribution is -2.36. The van der Waals surface area contributed by atoms with E-state index in [2.05, 4.69) is 5.32 Å². The normalized spacial score (nSPS) is 11.3. The van der Waals surface area contributed by atoms with E-state index >= 15 is 0 Å². The van der Waals surface area contributed by atoms with Crippen molar-refractivity contribution < 1.29 is 22.7 Å². The molecule has 0 aliphatic rings. The van der Waals surface area contributed by atoms with E-state index in [4.69, 9.17) is 16.3 Å². The van der Waals surface area contributed by atoms with Gasteiger partial charge in [0.2, 0.25) is 15.9 Å². The maximum atomic E-state index is 12.3. The Bertz CT molecular complexity index is 948. The summed E-state index contributed by atoms with van der Waals surface area (Å²) >= 11 is 6.07. The fourth-order valence-electron chi connectivity index (χ4n) is 2.41. The molecule has 0 unspecified atom stereocenters. The minimum Gasteiger partial charge on any atom is -0.462 e. The molecule has 0 heterocycles. The lowest BCUT2D eigenvalue weighted by molar-refractivity contribution is -0.116. The van der Waals surface area contributed by atoms with E-state index < -0.39 is 21.9 Å². The summed E-state index contributed by atoms with van der Waals surface area (Å²) in [5, 5.41) is 2.71. The molecule has 0 aromatic heterocycles. The molecule has 0 radical (unpaired) electrons. The summed E-state index contributed by atoms with van der Waals surface area (Å²) in [6.07, 6.45) is 1.05. The molecule has 9 heteroatoms. The second-order valence-corrected chi connectivity index (χ2v) is 8.37. The lowest BCUT2D eigenvalue weighted by atomic mass is 10.2. The summed E-state index contributed by atoms with van der Waals surface area (Å²) in [6, 6.07) is 13.3. The van der Waals surface area contributed by atoms with Crippen molar-refractivity contribution in [2.75, 3.05) is 24.7 Å². The van der Waals surface area contributed by atoms with Crippen molar-refractivity contribution in [1.82, 2.24) is 4.31 Å². The third-order valence-electron chi connectivity index (χ3n) is 3.74. The van der Waals surface area contributed by atoms with Gasteiger partial charge >= 0.3 is 5.97 Å². The summed E-state index contributed by atoms with van der Waals surface area (Å²) in [6.45, 7) is 1.63. The van der Waals surface area contributed by atoms with Crippen molar-refractivity contribution in [2.45, 2.75) is 13.5 Å². The Hall–Kier alpha value is -2.42. The van der Waals surface area contributed by atoms with Gasteiger partial charge in [0.05, 0.1) is 30.0 Å². The first kappa shape index (κ1) is 21.9. The van der Waals surface area contributed by atoms with Crippen LogP contribution in [0.3, 0.4) is 0 Å². The number of sulfonamides is 1. The average molecular weight is 425 g/mol. The maximum absolute atomic E-state index is 12.3. The number of hydrogen-bond acceptors (Lipinski definition) is 5. The average Bonchev–Trinajstić information content (AvgIpc) is 2.61. The molecule has 7 nitrogen and oxygen atoms in total. The quantitative estimate of drug-likeness (QED) is 0.657. The van der Waals surface area contributed by atoms with Crippen LogP contribution in [0.1, 0.15) is 22.8 Å². The van der Waals surface area contributed by atoms with Crippen molar-refractivity contribution >= 4 is 39.2 Å². The highest BCUT2D eigenvalue weighted by Crippen LogP contribution is 2.22. The highest BCUT2D eigenvalue weighted by molar-refractivity contribution is 7.88. The molecule has 0 bridgehead atoms. The Morgan fingerprint density at radius 3 is 2.39 bits per heavy atom. The van der Waals surface area contributed by atoms with Crippen LogP contribution in [0.5, 0.6) is 0 Å². The Morgan fingerprint density at radius 1 is 1.14 bits per heavy atom. The van der Waals surface area contributed by atoms with Crippen molar-refractivity contribution in [1.29, 1.82) is 0 Å². The molecule has 0 saturated carbocycles. The van der Waals surface area contributed by atoms with Crippen LogP contribution in [-0.2, 0) is 26.1 Å². The number of benzene rings is 2. The molecule has 2 aromatic carbocycles. The molecular weight excluding hydrogens is 404 g/mol. The van der Waals surface area contributed by atoms with Crippen molar-refractivity contribution in [3.8, 4) is 0 Å². The van der Waals surface area contributed by atoms with Gasteiger partial charge < -0.3 is 10.1 Å². The zero-order valence-electron chi connectivity index (χ0n) is 15.5. The molecule has 2 rings (SSSR count). The van der Waals surface area contributed by atoms with Gasteiger partial charge in [-0.25, -0.2) is 13.2 Å². The zero-order valence-corrected chi connectivity index (χ0v) is 17.1. The molecule has 2 aromatic rings. The van der Waals surface area contributed by atoms with Gasteiger partial charge in [-0.3, -0.25) is 4.79 Å². The lowest BCUT2D eigenvalue weighted by Gasteiger charge is -2.19. The molecule has 0 saturated heterocycles. The van der Waals surface area contributed by atoms with Gasteiger partial charge in [-0.1, -0.05) is 41.9 Å². The van der Waals surface area contributed by atoms with Gasteiger partial charge in [-0.05, 0) is 30.7 Å². The fourth-order valence-corrected chi connectivity index (χ4v) is 3.40. The molecule has 28 heavy (non-hydrogen) atoms. The van der Waals surface area contributed by atoms with E-state index in [1.165, 1.54) is 18.2 Å². The highest BCUT2D eigenvalue weighted by Gasteiger charge is 2.21. The van der Waals surface area contributed by atoms with Gasteiger partial charge in [0.15, 0.2) is 0 Å². The number of carbonyl (C=O) groups is 2. The zero-order chi connectivity index (χ0) is 20.7. The number of nitrogens with zero attached hydrogens (tertiary/aromatic N) is 1. The summed E-state index contributed by atoms with van der Waals surface area (Å²) in [5.74, 6) is -1.09. The van der Waals surface area contributed by atoms with Crippen LogP contribution in [0.2, 0.25) is 5.02 Å². The number of amides is 1. The molecule has 0 spiro atoms. The first-order chi connectivity index (χ1) is 13.2. The topological polar surface area (TPSA) is 92.8 Å². The van der Waals surface area contributed by atoms with E-state index in [9.17, 15) is 18.0 Å². The Labute approximate surface area is 169 Å². The number of esters is 1. The molecule has 0 aliphatic carbocycles. The summed E-state index contributed by atoms with van der Waals surface area (Å²) < 4.78 is 30.0. The van der Waals surface area contributed by atoms with E-state index in [1.807, 2.05) is 6.07 Å². The third kappa shape index (κ3) is 6.33. The second-order valence-electron chi connectivity index (χ2n) is 5.98. The summed E-state index contributed by atoms with van der Waals surface area (Å²) in [7, 11) is -3.60. The van der Waals surface area contributed by atoms with Crippen LogP contribution in [0, 0.1) is 0 Å². The molecule has 0 atom stereocenters. The first-order valence-corrected chi connectivity index (χ1v) is 10.7. The van der Waals surface area contributed by atoms with Gasteiger partial charge in [0, 0.05) is 12.2 Å². The fraction of sp³-hybridized carbons (Fsp3) is 0.263. The first-order valence-electron chi connectivity index (χ1n) is 8.46. The van der Waals surface area contributed by atoms with E-state index in [-0.39, 0.29) is 30.3 Å². The standard InChI is InChI=1S/C19H21ClN2O5S/c1-3-27-19(24)16-10-9-15(11-17(16)20)21-18(23)13-22(28(2,25)26)12-14-7-5-4-6-8-14/h4-11H,3,12-13H2,1-2H3,(H,21,23). The van der Waals surface area contributed by atoms with Crippen molar-refractivity contribution in [3.63, 3.8) is 0 Å². The maximum Gasteiger partial charge on any atom is 0.339 e. The number of anilines is 1. The number of hydrogen-bond donors (Lipinski definition) is 1. The number of carbonyl (C=O) groups excluding carboxylic acids is 2. The summed E-state index contributed by atoms with van der Waals surface area (Å²) in [4.78, 5) is 24.1. The molecular formula is C19H21ClN2O5S. The molecule has 0 aliphatic heterocycles.